The van der Waals surface area contributed by atoms with Crippen LogP contribution in [0.2, 0.25) is 0 Å². The first-order chi connectivity index (χ1) is 12.3. The molecule has 0 aliphatic heterocycles. The molecule has 3 rings (SSSR count). The lowest BCUT2D eigenvalue weighted by molar-refractivity contribution is -0.137. The van der Waals surface area contributed by atoms with Crippen molar-refractivity contribution >= 4 is 24.0 Å². The molecule has 0 unspecified atom stereocenters. The quantitative estimate of drug-likeness (QED) is 0.708. The van der Waals surface area contributed by atoms with Gasteiger partial charge in [-0.05, 0) is 48.6 Å². The van der Waals surface area contributed by atoms with Crippen LogP contribution < -0.4 is 5.73 Å². The molecular formula is C20H22ClF3N2O. The number of carbonyl (C=O) groups excluding carboxylic acids is 1. The Hall–Kier alpha value is -2.21. The Morgan fingerprint density at radius 1 is 1.07 bits per heavy atom. The predicted molar refractivity (Wildman–Crippen MR) is 101 cm³/mol. The number of nitrogens with zero attached hydrogens (tertiary/aromatic N) is 1. The third kappa shape index (κ3) is 5.63. The van der Waals surface area contributed by atoms with Crippen LogP contribution in [0.15, 0.2) is 48.5 Å². The highest BCUT2D eigenvalue weighted by Gasteiger charge is 2.33. The van der Waals surface area contributed by atoms with E-state index in [1.54, 1.807) is 11.0 Å². The van der Waals surface area contributed by atoms with Crippen LogP contribution in [0.5, 0.6) is 0 Å². The zero-order valence-corrected chi connectivity index (χ0v) is 15.5. The molecule has 146 valence electrons. The number of hydrogen-bond donors (Lipinski definition) is 1. The lowest BCUT2D eigenvalue weighted by atomic mass is 10.1. The normalized spacial score (nSPS) is 13.7. The van der Waals surface area contributed by atoms with Crippen LogP contribution in [0.25, 0.3) is 0 Å². The van der Waals surface area contributed by atoms with E-state index in [9.17, 15) is 18.0 Å². The molecule has 27 heavy (non-hydrogen) atoms. The Bertz CT molecular complexity index is 774. The molecule has 2 aromatic carbocycles. The monoisotopic (exact) mass is 398 g/mol. The maximum atomic E-state index is 12.7. The zero-order valence-electron chi connectivity index (χ0n) is 14.7. The molecule has 0 aromatic heterocycles. The summed E-state index contributed by atoms with van der Waals surface area (Å²) < 4.78 is 38.0. The van der Waals surface area contributed by atoms with Crippen molar-refractivity contribution in [3.63, 3.8) is 0 Å². The molecule has 3 nitrogen and oxygen atoms in total. The van der Waals surface area contributed by atoms with E-state index in [2.05, 4.69) is 0 Å². The topological polar surface area (TPSA) is 46.3 Å². The number of nitrogen functional groups attached to an aromatic ring is 1. The largest absolute Gasteiger partial charge is 0.416 e. The minimum Gasteiger partial charge on any atom is -0.399 e. The number of nitrogens with two attached hydrogens (primary N) is 1. The summed E-state index contributed by atoms with van der Waals surface area (Å²) in [5.74, 6) is 0.00986. The predicted octanol–water partition coefficient (Wildman–Crippen LogP) is 4.83. The summed E-state index contributed by atoms with van der Waals surface area (Å²) in [6.45, 7) is 0.339. The molecule has 1 aliphatic rings. The molecule has 1 saturated carbocycles. The van der Waals surface area contributed by atoms with Crippen molar-refractivity contribution in [2.24, 2.45) is 0 Å². The van der Waals surface area contributed by atoms with Gasteiger partial charge in [0.25, 0.3) is 0 Å². The minimum absolute atomic E-state index is 0. The number of carbonyl (C=O) groups is 1. The van der Waals surface area contributed by atoms with Gasteiger partial charge in [-0.25, -0.2) is 0 Å². The van der Waals surface area contributed by atoms with Crippen molar-refractivity contribution in [1.29, 1.82) is 0 Å². The third-order valence-electron chi connectivity index (χ3n) is 4.61. The minimum atomic E-state index is -4.35. The molecule has 1 aliphatic carbocycles. The van der Waals surface area contributed by atoms with Crippen molar-refractivity contribution < 1.29 is 18.0 Å². The smallest absolute Gasteiger partial charge is 0.399 e. The molecule has 2 aromatic rings. The maximum Gasteiger partial charge on any atom is 0.416 e. The molecule has 0 radical (unpaired) electrons. The fourth-order valence-electron chi connectivity index (χ4n) is 2.95. The number of benzene rings is 2. The standard InChI is InChI=1S/C20H21F3N2O.ClH/c21-20(22,23)16-8-5-14(6-9-16)13-25(17-10-11-17)19(26)12-7-15-3-1-2-4-18(15)24;/h1-6,8-9,17H,7,10-13,24H2;1H. The van der Waals surface area contributed by atoms with Gasteiger partial charge in [0.05, 0.1) is 5.56 Å². The molecule has 7 heteroatoms. The van der Waals surface area contributed by atoms with Gasteiger partial charge in [0.1, 0.15) is 0 Å². The molecule has 1 fully saturated rings. The number of aryl methyl sites for hydroxylation is 1. The lowest BCUT2D eigenvalue weighted by Gasteiger charge is -2.23. The molecule has 0 bridgehead atoms. The van der Waals surface area contributed by atoms with Gasteiger partial charge in [-0.15, -0.1) is 12.4 Å². The summed E-state index contributed by atoms with van der Waals surface area (Å²) in [7, 11) is 0. The van der Waals surface area contributed by atoms with Crippen LogP contribution >= 0.6 is 12.4 Å². The van der Waals surface area contributed by atoms with Crippen LogP contribution in [0, 0.1) is 0 Å². The first-order valence-electron chi connectivity index (χ1n) is 8.63. The molecule has 0 spiro atoms. The highest BCUT2D eigenvalue weighted by molar-refractivity contribution is 5.85. The van der Waals surface area contributed by atoms with E-state index >= 15 is 0 Å². The van der Waals surface area contributed by atoms with Crippen molar-refractivity contribution in [3.05, 3.63) is 65.2 Å². The van der Waals surface area contributed by atoms with Gasteiger partial charge in [-0.3, -0.25) is 4.79 Å². The Kier molecular flexibility index (Phi) is 6.76. The van der Waals surface area contributed by atoms with E-state index in [0.29, 0.717) is 30.6 Å². The summed E-state index contributed by atoms with van der Waals surface area (Å²) >= 11 is 0. The van der Waals surface area contributed by atoms with Gasteiger partial charge < -0.3 is 10.6 Å². The van der Waals surface area contributed by atoms with Gasteiger partial charge in [-0.2, -0.15) is 13.2 Å². The van der Waals surface area contributed by atoms with Crippen molar-refractivity contribution in [1.82, 2.24) is 4.90 Å². The first kappa shape index (κ1) is 21.1. The van der Waals surface area contributed by atoms with E-state index in [1.165, 1.54) is 12.1 Å². The molecule has 0 saturated heterocycles. The summed E-state index contributed by atoms with van der Waals surface area (Å²) in [5.41, 5.74) is 7.55. The van der Waals surface area contributed by atoms with Crippen LogP contribution in [0.4, 0.5) is 18.9 Å². The van der Waals surface area contributed by atoms with Gasteiger partial charge in [0.2, 0.25) is 5.91 Å². The van der Waals surface area contributed by atoms with Crippen LogP contribution in [-0.2, 0) is 23.9 Å². The van der Waals surface area contributed by atoms with Gasteiger partial charge in [0, 0.05) is 24.7 Å². The fraction of sp³-hybridized carbons (Fsp3) is 0.350. The summed E-state index contributed by atoms with van der Waals surface area (Å²) in [6, 6.07) is 12.7. The van der Waals surface area contributed by atoms with E-state index in [1.807, 2.05) is 18.2 Å². The Morgan fingerprint density at radius 2 is 1.70 bits per heavy atom. The highest BCUT2D eigenvalue weighted by Crippen LogP contribution is 2.31. The fourth-order valence-corrected chi connectivity index (χ4v) is 2.95. The Morgan fingerprint density at radius 3 is 2.26 bits per heavy atom. The van der Waals surface area contributed by atoms with E-state index in [0.717, 1.165) is 30.5 Å². The Labute approximate surface area is 162 Å². The first-order valence-corrected chi connectivity index (χ1v) is 8.63. The van der Waals surface area contributed by atoms with Crippen LogP contribution in [-0.4, -0.2) is 16.8 Å². The summed E-state index contributed by atoms with van der Waals surface area (Å²) in [5, 5.41) is 0. The van der Waals surface area contributed by atoms with Crippen LogP contribution in [0.3, 0.4) is 0 Å². The Balaban J connectivity index is 0.00000261. The zero-order chi connectivity index (χ0) is 18.7. The molecule has 2 N–H and O–H groups in total. The number of anilines is 1. The van der Waals surface area contributed by atoms with E-state index in [-0.39, 0.29) is 24.4 Å². The molecule has 0 atom stereocenters. The number of halogens is 4. The second kappa shape index (κ2) is 8.65. The van der Waals surface area contributed by atoms with Crippen molar-refractivity contribution in [3.8, 4) is 0 Å². The highest BCUT2D eigenvalue weighted by atomic mass is 35.5. The lowest BCUT2D eigenvalue weighted by Crippen LogP contribution is -2.32. The molecule has 1 amide bonds. The summed E-state index contributed by atoms with van der Waals surface area (Å²) in [4.78, 5) is 14.4. The number of rotatable bonds is 6. The third-order valence-corrected chi connectivity index (χ3v) is 4.61. The number of hydrogen-bond acceptors (Lipinski definition) is 2. The maximum absolute atomic E-state index is 12.7. The SMILES string of the molecule is Cl.Nc1ccccc1CCC(=O)N(Cc1ccc(C(F)(F)F)cc1)C1CC1. The second-order valence-electron chi connectivity index (χ2n) is 6.65. The van der Waals surface area contributed by atoms with Gasteiger partial charge in [-0.1, -0.05) is 30.3 Å². The number of para-hydroxylation sites is 1. The number of alkyl halides is 3. The average molecular weight is 399 g/mol. The van der Waals surface area contributed by atoms with Crippen LogP contribution in [0.1, 0.15) is 36.0 Å². The number of amides is 1. The van der Waals surface area contributed by atoms with E-state index < -0.39 is 11.7 Å². The van der Waals surface area contributed by atoms with Gasteiger partial charge >= 0.3 is 6.18 Å². The van der Waals surface area contributed by atoms with Crippen molar-refractivity contribution in [2.75, 3.05) is 5.73 Å². The molecular weight excluding hydrogens is 377 g/mol. The van der Waals surface area contributed by atoms with E-state index in [4.69, 9.17) is 5.73 Å². The molecule has 0 heterocycles. The van der Waals surface area contributed by atoms with Gasteiger partial charge in [0.15, 0.2) is 0 Å². The second-order valence-corrected chi connectivity index (χ2v) is 6.65. The van der Waals surface area contributed by atoms with Crippen molar-refractivity contribution in [2.45, 2.75) is 44.4 Å². The average Bonchev–Trinajstić information content (AvgIpc) is 3.43. The summed E-state index contributed by atoms with van der Waals surface area (Å²) in [6.07, 6.45) is -1.56.